The van der Waals surface area contributed by atoms with Gasteiger partial charge in [-0.25, -0.2) is 4.79 Å². The first-order valence-electron chi connectivity index (χ1n) is 9.27. The minimum atomic E-state index is -0.582. The molecule has 9 heteroatoms. The molecule has 0 spiro atoms. The lowest BCUT2D eigenvalue weighted by Gasteiger charge is -2.10. The highest BCUT2D eigenvalue weighted by Crippen LogP contribution is 2.22. The molecule has 0 aromatic heterocycles. The Kier molecular flexibility index (Phi) is 6.84. The van der Waals surface area contributed by atoms with Crippen molar-refractivity contribution in [1.29, 1.82) is 0 Å². The molecule has 0 aliphatic rings. The predicted octanol–water partition coefficient (Wildman–Crippen LogP) is 5.13. The summed E-state index contributed by atoms with van der Waals surface area (Å²) in [6.45, 7) is 2.12. The van der Waals surface area contributed by atoms with Crippen LogP contribution in [0.2, 0.25) is 5.02 Å². The van der Waals surface area contributed by atoms with Gasteiger partial charge in [0.1, 0.15) is 0 Å². The van der Waals surface area contributed by atoms with Crippen LogP contribution in [0.3, 0.4) is 0 Å². The van der Waals surface area contributed by atoms with Gasteiger partial charge in [0.15, 0.2) is 0 Å². The minimum absolute atomic E-state index is 0.00469. The smallest absolute Gasteiger partial charge is 0.323 e. The van der Waals surface area contributed by atoms with E-state index in [4.69, 9.17) is 11.6 Å². The summed E-state index contributed by atoms with van der Waals surface area (Å²) < 4.78 is 0. The standard InChI is InChI=1S/C22H19ClN4O4/c1-14-4-2-6-16(10-14)25-22(29)26-17-7-3-5-15(11-17)13-24-21(28)19-9-8-18(27(30)31)12-20(19)23/h2-12H,13H2,1H3,(H,24,28)(H2,25,26,29). The van der Waals surface area contributed by atoms with Crippen molar-refractivity contribution in [1.82, 2.24) is 5.32 Å². The fourth-order valence-corrected chi connectivity index (χ4v) is 3.12. The normalized spacial score (nSPS) is 10.3. The number of nitrogens with one attached hydrogen (secondary N) is 3. The van der Waals surface area contributed by atoms with E-state index in [-0.39, 0.29) is 28.8 Å². The SMILES string of the molecule is Cc1cccc(NC(=O)Nc2cccc(CNC(=O)c3ccc([N+](=O)[O-])cc3Cl)c2)c1. The number of nitro benzene ring substituents is 1. The maximum Gasteiger partial charge on any atom is 0.323 e. The lowest BCUT2D eigenvalue weighted by atomic mass is 10.1. The van der Waals surface area contributed by atoms with E-state index >= 15 is 0 Å². The average Bonchev–Trinajstić information content (AvgIpc) is 2.72. The monoisotopic (exact) mass is 438 g/mol. The van der Waals surface area contributed by atoms with Crippen LogP contribution in [0.1, 0.15) is 21.5 Å². The minimum Gasteiger partial charge on any atom is -0.348 e. The van der Waals surface area contributed by atoms with Crippen LogP contribution in [0, 0.1) is 17.0 Å². The summed E-state index contributed by atoms with van der Waals surface area (Å²) in [5.74, 6) is -0.463. The van der Waals surface area contributed by atoms with Gasteiger partial charge in [-0.15, -0.1) is 0 Å². The first-order valence-corrected chi connectivity index (χ1v) is 9.65. The third-order valence-electron chi connectivity index (χ3n) is 4.32. The Bertz CT molecular complexity index is 1150. The Morgan fingerprint density at radius 3 is 2.29 bits per heavy atom. The highest BCUT2D eigenvalue weighted by Gasteiger charge is 2.15. The van der Waals surface area contributed by atoms with Crippen LogP contribution in [-0.4, -0.2) is 16.9 Å². The van der Waals surface area contributed by atoms with E-state index in [1.807, 2.05) is 25.1 Å². The second-order valence-electron chi connectivity index (χ2n) is 6.75. The van der Waals surface area contributed by atoms with Crippen LogP contribution in [0.4, 0.5) is 21.9 Å². The lowest BCUT2D eigenvalue weighted by molar-refractivity contribution is -0.384. The number of nitro groups is 1. The van der Waals surface area contributed by atoms with Crippen molar-refractivity contribution >= 4 is 40.6 Å². The summed E-state index contributed by atoms with van der Waals surface area (Å²) in [6, 6.07) is 17.7. The van der Waals surface area contributed by atoms with E-state index in [9.17, 15) is 19.7 Å². The highest BCUT2D eigenvalue weighted by molar-refractivity contribution is 6.34. The number of anilines is 2. The van der Waals surface area contributed by atoms with E-state index in [2.05, 4.69) is 16.0 Å². The molecule has 3 amide bonds. The van der Waals surface area contributed by atoms with E-state index in [0.29, 0.717) is 11.4 Å². The summed E-state index contributed by atoms with van der Waals surface area (Å²) in [4.78, 5) is 34.8. The van der Waals surface area contributed by atoms with Gasteiger partial charge in [-0.1, -0.05) is 35.9 Å². The van der Waals surface area contributed by atoms with Crippen LogP contribution < -0.4 is 16.0 Å². The first kappa shape index (κ1) is 21.8. The van der Waals surface area contributed by atoms with E-state index in [1.54, 1.807) is 30.3 Å². The van der Waals surface area contributed by atoms with Crippen LogP contribution in [0.5, 0.6) is 0 Å². The number of amides is 3. The summed E-state index contributed by atoms with van der Waals surface area (Å²) in [5, 5.41) is 19.0. The molecule has 0 heterocycles. The van der Waals surface area contributed by atoms with E-state index < -0.39 is 10.8 Å². The first-order chi connectivity index (χ1) is 14.8. The Morgan fingerprint density at radius 1 is 0.968 bits per heavy atom. The molecule has 0 saturated heterocycles. The van der Waals surface area contributed by atoms with Gasteiger partial charge in [-0.05, 0) is 48.4 Å². The number of hydrogen-bond acceptors (Lipinski definition) is 4. The number of aryl methyl sites for hydroxylation is 1. The molecule has 3 rings (SSSR count). The second kappa shape index (κ2) is 9.73. The number of non-ortho nitro benzene ring substituents is 1. The summed E-state index contributed by atoms with van der Waals surface area (Å²) >= 11 is 5.99. The number of hydrogen-bond donors (Lipinski definition) is 3. The molecule has 0 saturated carbocycles. The topological polar surface area (TPSA) is 113 Å². The fraction of sp³-hybridized carbons (Fsp3) is 0.0909. The molecule has 0 bridgehead atoms. The molecule has 0 fully saturated rings. The van der Waals surface area contributed by atoms with Crippen molar-refractivity contribution in [3.05, 3.63) is 98.6 Å². The van der Waals surface area contributed by atoms with Gasteiger partial charge in [0.25, 0.3) is 11.6 Å². The summed E-state index contributed by atoms with van der Waals surface area (Å²) in [7, 11) is 0. The second-order valence-corrected chi connectivity index (χ2v) is 7.16. The number of carbonyl (C=O) groups is 2. The van der Waals surface area contributed by atoms with Crippen LogP contribution in [0.25, 0.3) is 0 Å². The zero-order valence-corrected chi connectivity index (χ0v) is 17.3. The number of urea groups is 1. The highest BCUT2D eigenvalue weighted by atomic mass is 35.5. The van der Waals surface area contributed by atoms with Gasteiger partial charge < -0.3 is 16.0 Å². The van der Waals surface area contributed by atoms with Gasteiger partial charge in [-0.3, -0.25) is 14.9 Å². The molecule has 3 aromatic carbocycles. The quantitative estimate of drug-likeness (QED) is 0.365. The van der Waals surface area contributed by atoms with Crippen molar-refractivity contribution in [2.75, 3.05) is 10.6 Å². The van der Waals surface area contributed by atoms with E-state index in [1.165, 1.54) is 12.1 Å². The van der Waals surface area contributed by atoms with Crippen LogP contribution >= 0.6 is 11.6 Å². The number of carbonyl (C=O) groups excluding carboxylic acids is 2. The molecule has 8 nitrogen and oxygen atoms in total. The molecular weight excluding hydrogens is 420 g/mol. The maximum absolute atomic E-state index is 12.4. The van der Waals surface area contributed by atoms with E-state index in [0.717, 1.165) is 17.2 Å². The fourth-order valence-electron chi connectivity index (χ4n) is 2.85. The lowest BCUT2D eigenvalue weighted by Crippen LogP contribution is -2.23. The van der Waals surface area contributed by atoms with Crippen molar-refractivity contribution in [2.24, 2.45) is 0 Å². The molecule has 0 atom stereocenters. The number of nitrogens with zero attached hydrogens (tertiary/aromatic N) is 1. The zero-order chi connectivity index (χ0) is 22.4. The molecule has 31 heavy (non-hydrogen) atoms. The Labute approximate surface area is 183 Å². The maximum atomic E-state index is 12.4. The molecule has 3 N–H and O–H groups in total. The molecule has 158 valence electrons. The molecule has 0 unspecified atom stereocenters. The third-order valence-corrected chi connectivity index (χ3v) is 4.63. The van der Waals surface area contributed by atoms with Gasteiger partial charge in [0, 0.05) is 30.1 Å². The van der Waals surface area contributed by atoms with Crippen molar-refractivity contribution in [3.8, 4) is 0 Å². The number of halogens is 1. The largest absolute Gasteiger partial charge is 0.348 e. The summed E-state index contributed by atoms with van der Waals surface area (Å²) in [5.41, 5.74) is 2.97. The summed E-state index contributed by atoms with van der Waals surface area (Å²) in [6.07, 6.45) is 0. The van der Waals surface area contributed by atoms with Gasteiger partial charge in [0.05, 0.1) is 15.5 Å². The Balaban J connectivity index is 1.59. The average molecular weight is 439 g/mol. The Hall–Kier alpha value is -3.91. The molecule has 0 aliphatic heterocycles. The van der Waals surface area contributed by atoms with Crippen LogP contribution in [0.15, 0.2) is 66.7 Å². The Morgan fingerprint density at radius 2 is 1.65 bits per heavy atom. The molecule has 0 aliphatic carbocycles. The van der Waals surface area contributed by atoms with Crippen molar-refractivity contribution in [2.45, 2.75) is 13.5 Å². The predicted molar refractivity (Wildman–Crippen MR) is 120 cm³/mol. The van der Waals surface area contributed by atoms with Gasteiger partial charge >= 0.3 is 6.03 Å². The number of benzene rings is 3. The van der Waals surface area contributed by atoms with Gasteiger partial charge in [-0.2, -0.15) is 0 Å². The number of rotatable bonds is 6. The molecular formula is C22H19ClN4O4. The van der Waals surface area contributed by atoms with Crippen molar-refractivity contribution < 1.29 is 14.5 Å². The third kappa shape index (κ3) is 6.03. The van der Waals surface area contributed by atoms with Gasteiger partial charge in [0.2, 0.25) is 0 Å². The molecule has 3 aromatic rings. The van der Waals surface area contributed by atoms with Crippen molar-refractivity contribution in [3.63, 3.8) is 0 Å². The molecule has 0 radical (unpaired) electrons. The van der Waals surface area contributed by atoms with Crippen LogP contribution in [-0.2, 0) is 6.54 Å². The zero-order valence-electron chi connectivity index (χ0n) is 16.5.